The third kappa shape index (κ3) is 2.17. The molecule has 0 nitrogen and oxygen atoms in total. The molecule has 1 aliphatic carbocycles. The highest BCUT2D eigenvalue weighted by atomic mass is 79.9. The van der Waals surface area contributed by atoms with Crippen molar-refractivity contribution < 1.29 is 0 Å². The highest BCUT2D eigenvalue weighted by Crippen LogP contribution is 2.48. The minimum absolute atomic E-state index is 0.492. The Morgan fingerprint density at radius 2 is 2.21 bits per heavy atom. The van der Waals surface area contributed by atoms with Crippen LogP contribution in [0.5, 0.6) is 0 Å². The van der Waals surface area contributed by atoms with E-state index in [0.29, 0.717) is 4.83 Å². The quantitative estimate of drug-likeness (QED) is 0.673. The second-order valence-corrected chi connectivity index (χ2v) is 6.88. The van der Waals surface area contributed by atoms with Crippen molar-refractivity contribution in [1.29, 1.82) is 0 Å². The van der Waals surface area contributed by atoms with Gasteiger partial charge in [0.2, 0.25) is 0 Å². The maximum atomic E-state index is 6.07. The van der Waals surface area contributed by atoms with E-state index in [-0.39, 0.29) is 0 Å². The summed E-state index contributed by atoms with van der Waals surface area (Å²) in [7, 11) is 0. The fourth-order valence-electron chi connectivity index (χ4n) is 1.74. The summed E-state index contributed by atoms with van der Waals surface area (Å²) in [5, 5.41) is 0. The molecule has 0 bridgehead atoms. The molecule has 1 heterocycles. The molecular formula is C11H14BrClS. The van der Waals surface area contributed by atoms with Gasteiger partial charge >= 0.3 is 0 Å². The van der Waals surface area contributed by atoms with Gasteiger partial charge in [-0.15, -0.1) is 11.3 Å². The minimum Gasteiger partial charge on any atom is -0.127 e. The first-order valence-corrected chi connectivity index (χ1v) is 7.10. The lowest BCUT2D eigenvalue weighted by Gasteiger charge is -2.15. The van der Waals surface area contributed by atoms with Gasteiger partial charge < -0.3 is 0 Å². The molecule has 0 N–H and O–H groups in total. The molecular weight excluding hydrogens is 280 g/mol. The van der Waals surface area contributed by atoms with E-state index in [1.165, 1.54) is 23.3 Å². The maximum absolute atomic E-state index is 6.07. The Morgan fingerprint density at radius 3 is 2.64 bits per heavy atom. The van der Waals surface area contributed by atoms with Gasteiger partial charge in [0.25, 0.3) is 0 Å². The molecule has 0 aliphatic heterocycles. The van der Waals surface area contributed by atoms with Gasteiger partial charge in [-0.25, -0.2) is 0 Å². The predicted octanol–water partition coefficient (Wildman–Crippen LogP) is 5.19. The van der Waals surface area contributed by atoms with Crippen LogP contribution in [-0.2, 0) is 0 Å². The second kappa shape index (κ2) is 4.15. The largest absolute Gasteiger partial charge is 0.127 e. The first-order valence-electron chi connectivity index (χ1n) is 4.99. The highest BCUT2D eigenvalue weighted by molar-refractivity contribution is 9.09. The zero-order valence-corrected chi connectivity index (χ0v) is 11.5. The van der Waals surface area contributed by atoms with Crippen LogP contribution in [0.2, 0.25) is 4.34 Å². The molecule has 2 atom stereocenters. The van der Waals surface area contributed by atoms with Crippen LogP contribution in [0.3, 0.4) is 0 Å². The first kappa shape index (κ1) is 11.0. The van der Waals surface area contributed by atoms with Crippen LogP contribution < -0.4 is 0 Å². The number of halogens is 2. The van der Waals surface area contributed by atoms with Crippen LogP contribution in [0, 0.1) is 18.8 Å². The molecule has 2 rings (SSSR count). The number of hydrogen-bond donors (Lipinski definition) is 0. The van der Waals surface area contributed by atoms with Crippen molar-refractivity contribution in [2.24, 2.45) is 11.8 Å². The van der Waals surface area contributed by atoms with Crippen molar-refractivity contribution in [2.75, 3.05) is 0 Å². The van der Waals surface area contributed by atoms with E-state index in [4.69, 9.17) is 11.6 Å². The molecule has 0 saturated heterocycles. The second-order valence-electron chi connectivity index (χ2n) is 4.20. The number of hydrogen-bond acceptors (Lipinski definition) is 1. The van der Waals surface area contributed by atoms with Crippen LogP contribution in [-0.4, -0.2) is 0 Å². The van der Waals surface area contributed by atoms with Gasteiger partial charge in [0.1, 0.15) is 0 Å². The lowest BCUT2D eigenvalue weighted by Crippen LogP contribution is -2.03. The van der Waals surface area contributed by atoms with E-state index >= 15 is 0 Å². The summed E-state index contributed by atoms with van der Waals surface area (Å²) >= 11 is 11.6. The molecule has 2 unspecified atom stereocenters. The molecule has 1 saturated carbocycles. The molecule has 0 spiro atoms. The summed E-state index contributed by atoms with van der Waals surface area (Å²) < 4.78 is 0.937. The Morgan fingerprint density at radius 1 is 1.57 bits per heavy atom. The molecule has 1 aromatic rings. The van der Waals surface area contributed by atoms with Crippen LogP contribution in [0.1, 0.15) is 35.0 Å². The Labute approximate surface area is 103 Å². The summed E-state index contributed by atoms with van der Waals surface area (Å²) in [6, 6.07) is 2.21. The molecule has 14 heavy (non-hydrogen) atoms. The lowest BCUT2D eigenvalue weighted by atomic mass is 10.0. The summed E-state index contributed by atoms with van der Waals surface area (Å²) in [5.74, 6) is 1.67. The van der Waals surface area contributed by atoms with Crippen molar-refractivity contribution in [2.45, 2.75) is 31.5 Å². The molecule has 1 fully saturated rings. The van der Waals surface area contributed by atoms with Crippen molar-refractivity contribution in [1.82, 2.24) is 0 Å². The van der Waals surface area contributed by atoms with Gasteiger partial charge in [0.05, 0.1) is 9.16 Å². The number of alkyl halides is 1. The van der Waals surface area contributed by atoms with Crippen LogP contribution in [0.25, 0.3) is 0 Å². The van der Waals surface area contributed by atoms with Crippen molar-refractivity contribution in [3.05, 3.63) is 20.8 Å². The maximum Gasteiger partial charge on any atom is 0.0960 e. The SMILES string of the molecule is Cc1cc(C(Br)C(C)C2CC2)sc1Cl. The smallest absolute Gasteiger partial charge is 0.0960 e. The Hall–Kier alpha value is 0.470. The van der Waals surface area contributed by atoms with E-state index in [1.54, 1.807) is 11.3 Å². The third-order valence-corrected chi connectivity index (χ3v) is 6.24. The fraction of sp³-hybridized carbons (Fsp3) is 0.636. The summed E-state index contributed by atoms with van der Waals surface area (Å²) in [6.07, 6.45) is 2.81. The van der Waals surface area contributed by atoms with Crippen LogP contribution in [0.15, 0.2) is 6.07 Å². The molecule has 1 aromatic heterocycles. The minimum atomic E-state index is 0.492. The Bertz CT molecular complexity index is 311. The zero-order chi connectivity index (χ0) is 10.3. The van der Waals surface area contributed by atoms with Gasteiger partial charge in [-0.2, -0.15) is 0 Å². The van der Waals surface area contributed by atoms with Gasteiger partial charge in [0, 0.05) is 4.88 Å². The monoisotopic (exact) mass is 292 g/mol. The van der Waals surface area contributed by atoms with E-state index in [2.05, 4.69) is 35.8 Å². The molecule has 3 heteroatoms. The Kier molecular flexibility index (Phi) is 3.25. The normalized spacial score (nSPS) is 20.9. The summed E-state index contributed by atoms with van der Waals surface area (Å²) in [6.45, 7) is 4.41. The number of thiophene rings is 1. The lowest BCUT2D eigenvalue weighted by molar-refractivity contribution is 0.506. The average molecular weight is 294 g/mol. The number of rotatable bonds is 3. The van der Waals surface area contributed by atoms with E-state index in [9.17, 15) is 0 Å². The number of aryl methyl sites for hydroxylation is 1. The third-order valence-electron chi connectivity index (χ3n) is 2.98. The van der Waals surface area contributed by atoms with Crippen LogP contribution in [0.4, 0.5) is 0 Å². The van der Waals surface area contributed by atoms with E-state index in [1.807, 2.05) is 0 Å². The average Bonchev–Trinajstić information content (AvgIpc) is 2.93. The van der Waals surface area contributed by atoms with Crippen molar-refractivity contribution in [3.8, 4) is 0 Å². The topological polar surface area (TPSA) is 0 Å². The first-order chi connectivity index (χ1) is 6.59. The zero-order valence-electron chi connectivity index (χ0n) is 8.39. The van der Waals surface area contributed by atoms with Gasteiger partial charge in [-0.1, -0.05) is 34.5 Å². The van der Waals surface area contributed by atoms with Crippen molar-refractivity contribution >= 4 is 38.9 Å². The Balaban J connectivity index is 2.13. The fourth-order valence-corrected chi connectivity index (χ4v) is 3.90. The molecule has 78 valence electrons. The predicted molar refractivity (Wildman–Crippen MR) is 67.6 cm³/mol. The molecule has 1 aliphatic rings. The van der Waals surface area contributed by atoms with Crippen molar-refractivity contribution in [3.63, 3.8) is 0 Å². The van der Waals surface area contributed by atoms with Crippen LogP contribution >= 0.6 is 38.9 Å². The van der Waals surface area contributed by atoms with E-state index < -0.39 is 0 Å². The molecule has 0 radical (unpaired) electrons. The van der Waals surface area contributed by atoms with Gasteiger partial charge in [0.15, 0.2) is 0 Å². The summed E-state index contributed by atoms with van der Waals surface area (Å²) in [4.78, 5) is 1.87. The molecule has 0 aromatic carbocycles. The standard InChI is InChI=1S/C11H14BrClS/c1-6-5-9(14-11(6)13)10(12)7(2)8-3-4-8/h5,7-8,10H,3-4H2,1-2H3. The highest BCUT2D eigenvalue weighted by Gasteiger charge is 2.33. The summed E-state index contributed by atoms with van der Waals surface area (Å²) in [5.41, 5.74) is 1.21. The van der Waals surface area contributed by atoms with Gasteiger partial charge in [-0.3, -0.25) is 0 Å². The van der Waals surface area contributed by atoms with Gasteiger partial charge in [-0.05, 0) is 43.2 Å². The van der Waals surface area contributed by atoms with E-state index in [0.717, 1.165) is 16.2 Å². The molecule has 0 amide bonds.